The molecule has 4 heteroatoms. The number of benzene rings is 1. The van der Waals surface area contributed by atoms with E-state index in [1.54, 1.807) is 4.90 Å². The van der Waals surface area contributed by atoms with E-state index in [0.29, 0.717) is 13.0 Å². The summed E-state index contributed by atoms with van der Waals surface area (Å²) >= 11 is 0. The number of aryl methyl sites for hydroxylation is 1. The molecule has 0 fully saturated rings. The lowest BCUT2D eigenvalue weighted by Crippen LogP contribution is -2.32. The highest BCUT2D eigenvalue weighted by atomic mass is 16.5. The van der Waals surface area contributed by atoms with Crippen LogP contribution in [0.1, 0.15) is 24.8 Å². The van der Waals surface area contributed by atoms with Gasteiger partial charge in [0.05, 0.1) is 6.61 Å². The van der Waals surface area contributed by atoms with Crippen LogP contribution in [0.4, 0.5) is 0 Å². The van der Waals surface area contributed by atoms with Crippen LogP contribution in [0.2, 0.25) is 0 Å². The molecule has 4 nitrogen and oxygen atoms in total. The van der Waals surface area contributed by atoms with Crippen molar-refractivity contribution in [2.75, 3.05) is 33.8 Å². The number of hydrogen-bond acceptors (Lipinski definition) is 3. The minimum Gasteiger partial charge on any atom is -0.494 e. The smallest absolute Gasteiger partial charge is 0.222 e. The minimum absolute atomic E-state index is 0.204. The van der Waals surface area contributed by atoms with Crippen LogP contribution < -0.4 is 10.1 Å². The first-order valence-corrected chi connectivity index (χ1v) is 7.21. The first kappa shape index (κ1) is 16.5. The summed E-state index contributed by atoms with van der Waals surface area (Å²) < 4.78 is 5.66. The molecule has 0 saturated heterocycles. The third-order valence-corrected chi connectivity index (χ3v) is 3.17. The van der Waals surface area contributed by atoms with Crippen molar-refractivity contribution in [3.8, 4) is 5.75 Å². The average molecular weight is 278 g/mol. The van der Waals surface area contributed by atoms with Crippen molar-refractivity contribution in [1.82, 2.24) is 10.2 Å². The Kier molecular flexibility index (Phi) is 7.73. The van der Waals surface area contributed by atoms with Gasteiger partial charge < -0.3 is 15.0 Å². The number of rotatable bonds is 9. The number of ether oxygens (including phenoxy) is 1. The second-order valence-electron chi connectivity index (χ2n) is 5.04. The topological polar surface area (TPSA) is 41.6 Å². The molecular weight excluding hydrogens is 252 g/mol. The number of nitrogens with one attached hydrogen (secondary N) is 1. The number of likely N-dealkylation sites (N-methyl/N-ethyl adjacent to an activating group) is 2. The Balaban J connectivity index is 2.11. The van der Waals surface area contributed by atoms with E-state index in [0.717, 1.165) is 31.7 Å². The minimum atomic E-state index is 0.204. The largest absolute Gasteiger partial charge is 0.494 e. The second-order valence-corrected chi connectivity index (χ2v) is 5.04. The van der Waals surface area contributed by atoms with E-state index >= 15 is 0 Å². The first-order valence-electron chi connectivity index (χ1n) is 7.21. The molecular formula is C16H26N2O2. The van der Waals surface area contributed by atoms with Crippen LogP contribution in [-0.2, 0) is 4.79 Å². The molecule has 0 saturated carbocycles. The molecule has 0 aromatic heterocycles. The highest BCUT2D eigenvalue weighted by Gasteiger charge is 2.07. The van der Waals surface area contributed by atoms with Crippen LogP contribution in [0, 0.1) is 6.92 Å². The lowest BCUT2D eigenvalue weighted by molar-refractivity contribution is -0.129. The molecule has 0 heterocycles. The maximum atomic E-state index is 11.8. The fraction of sp³-hybridized carbons (Fsp3) is 0.562. The Bertz CT molecular complexity index is 407. The van der Waals surface area contributed by atoms with Gasteiger partial charge in [0.2, 0.25) is 5.91 Å². The van der Waals surface area contributed by atoms with Gasteiger partial charge in [-0.25, -0.2) is 0 Å². The molecule has 112 valence electrons. The molecule has 1 N–H and O–H groups in total. The number of nitrogens with zero attached hydrogens (tertiary/aromatic N) is 1. The van der Waals surface area contributed by atoms with Gasteiger partial charge in [-0.1, -0.05) is 12.1 Å². The Hall–Kier alpha value is -1.55. The van der Waals surface area contributed by atoms with Gasteiger partial charge in [-0.3, -0.25) is 4.79 Å². The predicted octanol–water partition coefficient (Wildman–Crippen LogP) is 2.22. The summed E-state index contributed by atoms with van der Waals surface area (Å²) in [7, 11) is 3.74. The number of amides is 1. The normalized spacial score (nSPS) is 10.3. The number of hydrogen-bond donors (Lipinski definition) is 1. The molecule has 20 heavy (non-hydrogen) atoms. The molecule has 1 aromatic rings. The molecule has 0 bridgehead atoms. The Morgan fingerprint density at radius 1 is 1.35 bits per heavy atom. The van der Waals surface area contributed by atoms with Gasteiger partial charge >= 0.3 is 0 Å². The Labute approximate surface area is 122 Å². The Morgan fingerprint density at radius 3 is 2.85 bits per heavy atom. The third kappa shape index (κ3) is 6.57. The van der Waals surface area contributed by atoms with E-state index in [1.807, 2.05) is 45.3 Å². The standard InChI is InChI=1S/C16H26N2O2/c1-14-7-6-8-15(13-14)20-12-5-4-9-16(19)18(3)11-10-17-2/h6-8,13,17H,4-5,9-12H2,1-3H3. The molecule has 0 radical (unpaired) electrons. The first-order chi connectivity index (χ1) is 9.63. The van der Waals surface area contributed by atoms with Crippen LogP contribution >= 0.6 is 0 Å². The van der Waals surface area contributed by atoms with Crippen LogP contribution in [0.15, 0.2) is 24.3 Å². The molecule has 0 unspecified atom stereocenters. The molecule has 0 aliphatic heterocycles. The zero-order valence-corrected chi connectivity index (χ0v) is 12.8. The van der Waals surface area contributed by atoms with E-state index in [2.05, 4.69) is 5.32 Å². The van der Waals surface area contributed by atoms with E-state index in [-0.39, 0.29) is 5.91 Å². The lowest BCUT2D eigenvalue weighted by Gasteiger charge is -2.16. The van der Waals surface area contributed by atoms with E-state index < -0.39 is 0 Å². The second kappa shape index (κ2) is 9.37. The average Bonchev–Trinajstić information content (AvgIpc) is 2.44. The molecule has 0 aliphatic carbocycles. The van der Waals surface area contributed by atoms with Gasteiger partial charge in [0.15, 0.2) is 0 Å². The third-order valence-electron chi connectivity index (χ3n) is 3.17. The van der Waals surface area contributed by atoms with Crippen molar-refractivity contribution in [3.05, 3.63) is 29.8 Å². The van der Waals surface area contributed by atoms with E-state index in [4.69, 9.17) is 4.74 Å². The van der Waals surface area contributed by atoms with E-state index in [9.17, 15) is 4.79 Å². The quantitative estimate of drug-likeness (QED) is 0.704. The zero-order chi connectivity index (χ0) is 14.8. The van der Waals surface area contributed by atoms with Crippen molar-refractivity contribution >= 4 is 5.91 Å². The summed E-state index contributed by atoms with van der Waals surface area (Å²) in [5.41, 5.74) is 1.20. The summed E-state index contributed by atoms with van der Waals surface area (Å²) in [5, 5.41) is 3.04. The van der Waals surface area contributed by atoms with Crippen molar-refractivity contribution in [1.29, 1.82) is 0 Å². The van der Waals surface area contributed by atoms with Gasteiger partial charge in [-0.05, 0) is 44.5 Å². The maximum Gasteiger partial charge on any atom is 0.222 e. The van der Waals surface area contributed by atoms with Gasteiger partial charge in [0.1, 0.15) is 5.75 Å². The molecule has 1 amide bonds. The van der Waals surface area contributed by atoms with Crippen molar-refractivity contribution in [2.45, 2.75) is 26.2 Å². The zero-order valence-electron chi connectivity index (χ0n) is 12.8. The molecule has 0 aliphatic rings. The summed E-state index contributed by atoms with van der Waals surface area (Å²) in [6, 6.07) is 8.03. The monoisotopic (exact) mass is 278 g/mol. The number of unbranched alkanes of at least 4 members (excludes halogenated alkanes) is 1. The van der Waals surface area contributed by atoms with Crippen molar-refractivity contribution in [3.63, 3.8) is 0 Å². The van der Waals surface area contributed by atoms with Gasteiger partial charge in [-0.2, -0.15) is 0 Å². The lowest BCUT2D eigenvalue weighted by atomic mass is 10.2. The van der Waals surface area contributed by atoms with Gasteiger partial charge in [0.25, 0.3) is 0 Å². The van der Waals surface area contributed by atoms with Crippen molar-refractivity contribution < 1.29 is 9.53 Å². The predicted molar refractivity (Wildman–Crippen MR) is 82.1 cm³/mol. The van der Waals surface area contributed by atoms with E-state index in [1.165, 1.54) is 5.56 Å². The summed E-state index contributed by atoms with van der Waals surface area (Å²) in [4.78, 5) is 13.6. The molecule has 0 spiro atoms. The number of carbonyl (C=O) groups is 1. The van der Waals surface area contributed by atoms with Crippen molar-refractivity contribution in [2.24, 2.45) is 0 Å². The summed E-state index contributed by atoms with van der Waals surface area (Å²) in [6.45, 7) is 4.30. The highest BCUT2D eigenvalue weighted by molar-refractivity contribution is 5.75. The van der Waals surface area contributed by atoms with Crippen LogP contribution in [0.3, 0.4) is 0 Å². The molecule has 1 aromatic carbocycles. The fourth-order valence-corrected chi connectivity index (χ4v) is 1.87. The highest BCUT2D eigenvalue weighted by Crippen LogP contribution is 2.13. The molecule has 1 rings (SSSR count). The fourth-order valence-electron chi connectivity index (χ4n) is 1.87. The number of carbonyl (C=O) groups excluding carboxylic acids is 1. The van der Waals surface area contributed by atoms with Crippen LogP contribution in [0.5, 0.6) is 5.75 Å². The van der Waals surface area contributed by atoms with Crippen LogP contribution in [0.25, 0.3) is 0 Å². The maximum absolute atomic E-state index is 11.8. The SMILES string of the molecule is CNCCN(C)C(=O)CCCCOc1cccc(C)c1. The summed E-state index contributed by atoms with van der Waals surface area (Å²) in [6.07, 6.45) is 2.37. The van der Waals surface area contributed by atoms with Crippen LogP contribution in [-0.4, -0.2) is 44.6 Å². The Morgan fingerprint density at radius 2 is 2.15 bits per heavy atom. The van der Waals surface area contributed by atoms with Gasteiger partial charge in [0, 0.05) is 26.6 Å². The van der Waals surface area contributed by atoms with Gasteiger partial charge in [-0.15, -0.1) is 0 Å². The molecule has 0 atom stereocenters. The summed E-state index contributed by atoms with van der Waals surface area (Å²) in [5.74, 6) is 1.11.